The van der Waals surface area contributed by atoms with Crippen LogP contribution in [-0.4, -0.2) is 102 Å². The second kappa shape index (κ2) is 16.4. The number of carbonyl (C=O) groups is 10. The van der Waals surface area contributed by atoms with E-state index in [0.29, 0.717) is 58.0 Å². The minimum atomic E-state index is -1.10. The maximum atomic E-state index is 13.6. The molecule has 0 aromatic heterocycles. The van der Waals surface area contributed by atoms with Crippen molar-refractivity contribution < 1.29 is 57.4 Å². The van der Waals surface area contributed by atoms with Crippen LogP contribution in [0.5, 0.6) is 0 Å². The van der Waals surface area contributed by atoms with Crippen molar-refractivity contribution in [3.63, 3.8) is 0 Å². The van der Waals surface area contributed by atoms with Gasteiger partial charge in [-0.15, -0.1) is 0 Å². The van der Waals surface area contributed by atoms with Gasteiger partial charge in [0, 0.05) is 71.4 Å². The minimum absolute atomic E-state index is 0.0272. The molecule has 1 aliphatic carbocycles. The molecule has 2 atom stereocenters. The molecule has 0 bridgehead atoms. The maximum absolute atomic E-state index is 13.6. The van der Waals surface area contributed by atoms with Gasteiger partial charge in [-0.2, -0.15) is 9.80 Å². The SMILES string of the molecule is CC(C)(C)OC(=O)N1C(=O)CCC(N2Cc3c(NC(=O)[C@H]4CC[C@H](C(=O)Nc5cccc6c5CN(C5CCC(=O)N(C(=O)OC(C)(C)C)C5=O)C6=O)CC4)cccc3C2=O)C1=O. The number of hydrogen-bond donors (Lipinski definition) is 2. The number of carbonyl (C=O) groups excluding carboxylic acids is 10. The highest BCUT2D eigenvalue weighted by Crippen LogP contribution is 2.38. The molecule has 0 spiro atoms. The molecular formula is C44H50N6O12. The van der Waals surface area contributed by atoms with Crippen molar-refractivity contribution in [1.82, 2.24) is 19.6 Å². The molecule has 3 fully saturated rings. The summed E-state index contributed by atoms with van der Waals surface area (Å²) in [6, 6.07) is 7.57. The fourth-order valence-corrected chi connectivity index (χ4v) is 8.65. The van der Waals surface area contributed by atoms with Gasteiger partial charge in [-0.1, -0.05) is 12.1 Å². The minimum Gasteiger partial charge on any atom is -0.443 e. The smallest absolute Gasteiger partial charge is 0.424 e. The van der Waals surface area contributed by atoms with Gasteiger partial charge in [0.2, 0.25) is 23.6 Å². The molecule has 4 heterocycles. The molecule has 0 radical (unpaired) electrons. The zero-order chi connectivity index (χ0) is 45.0. The van der Waals surface area contributed by atoms with Gasteiger partial charge < -0.3 is 29.9 Å². The van der Waals surface area contributed by atoms with Gasteiger partial charge in [0.15, 0.2) is 0 Å². The molecule has 18 heteroatoms. The van der Waals surface area contributed by atoms with E-state index in [9.17, 15) is 47.9 Å². The predicted octanol–water partition coefficient (Wildman–Crippen LogP) is 4.89. The molecule has 10 amide bonds. The molecule has 18 nitrogen and oxygen atoms in total. The number of ether oxygens (including phenoxy) is 2. The van der Waals surface area contributed by atoms with Crippen LogP contribution in [0.3, 0.4) is 0 Å². The van der Waals surface area contributed by atoms with E-state index < -0.39 is 82.8 Å². The Bertz CT molecular complexity index is 2140. The van der Waals surface area contributed by atoms with Crippen molar-refractivity contribution >= 4 is 70.8 Å². The van der Waals surface area contributed by atoms with E-state index in [-0.39, 0.29) is 61.7 Å². The molecule has 2 saturated heterocycles. The first-order valence-corrected chi connectivity index (χ1v) is 20.8. The molecule has 2 N–H and O–H groups in total. The Hall–Kier alpha value is -6.46. The van der Waals surface area contributed by atoms with Gasteiger partial charge in [-0.25, -0.2) is 9.59 Å². The molecule has 62 heavy (non-hydrogen) atoms. The number of piperidine rings is 2. The normalized spacial score (nSPS) is 23.0. The second-order valence-corrected chi connectivity index (χ2v) is 18.3. The van der Waals surface area contributed by atoms with Gasteiger partial charge in [-0.05, 0) is 104 Å². The molecule has 7 rings (SSSR count). The third-order valence-corrected chi connectivity index (χ3v) is 11.7. The number of benzene rings is 2. The lowest BCUT2D eigenvalue weighted by Gasteiger charge is -2.35. The van der Waals surface area contributed by atoms with Crippen LogP contribution in [0, 0.1) is 11.8 Å². The van der Waals surface area contributed by atoms with Crippen LogP contribution in [0.2, 0.25) is 0 Å². The molecule has 2 aromatic carbocycles. The summed E-state index contributed by atoms with van der Waals surface area (Å²) in [5, 5.41) is 5.90. The monoisotopic (exact) mass is 854 g/mol. The molecule has 328 valence electrons. The summed E-state index contributed by atoms with van der Waals surface area (Å²) < 4.78 is 10.6. The summed E-state index contributed by atoms with van der Waals surface area (Å²) >= 11 is 0. The van der Waals surface area contributed by atoms with E-state index in [1.54, 1.807) is 77.9 Å². The highest BCUT2D eigenvalue weighted by molar-refractivity contribution is 6.15. The fourth-order valence-electron chi connectivity index (χ4n) is 8.65. The first kappa shape index (κ1) is 43.6. The summed E-state index contributed by atoms with van der Waals surface area (Å²) in [6.45, 7) is 9.59. The van der Waals surface area contributed by atoms with Crippen molar-refractivity contribution in [2.75, 3.05) is 10.6 Å². The quantitative estimate of drug-likeness (QED) is 0.371. The number of anilines is 2. The lowest BCUT2D eigenvalue weighted by Crippen LogP contribution is -2.57. The first-order chi connectivity index (χ1) is 29.1. The second-order valence-electron chi connectivity index (χ2n) is 18.3. The fraction of sp³-hybridized carbons (Fsp3) is 0.500. The van der Waals surface area contributed by atoms with Crippen LogP contribution in [-0.2, 0) is 51.3 Å². The first-order valence-electron chi connectivity index (χ1n) is 20.8. The van der Waals surface area contributed by atoms with Crippen LogP contribution < -0.4 is 10.6 Å². The number of likely N-dealkylation sites (tertiary alicyclic amines) is 2. The highest BCUT2D eigenvalue weighted by Gasteiger charge is 2.48. The molecular weight excluding hydrogens is 805 g/mol. The summed E-state index contributed by atoms with van der Waals surface area (Å²) in [4.78, 5) is 136. The van der Waals surface area contributed by atoms with Crippen molar-refractivity contribution in [1.29, 1.82) is 0 Å². The van der Waals surface area contributed by atoms with Gasteiger partial charge in [0.25, 0.3) is 23.6 Å². The molecule has 1 saturated carbocycles. The Morgan fingerprint density at radius 1 is 0.548 bits per heavy atom. The number of amides is 10. The Kier molecular flexibility index (Phi) is 11.6. The van der Waals surface area contributed by atoms with E-state index >= 15 is 0 Å². The number of nitrogens with one attached hydrogen (secondary N) is 2. The number of hydrogen-bond acceptors (Lipinski definition) is 12. The molecule has 4 aliphatic heterocycles. The Morgan fingerprint density at radius 2 is 0.903 bits per heavy atom. The molecule has 5 aliphatic rings. The van der Waals surface area contributed by atoms with E-state index in [2.05, 4.69) is 10.6 Å². The average molecular weight is 855 g/mol. The van der Waals surface area contributed by atoms with Crippen LogP contribution >= 0.6 is 0 Å². The zero-order valence-electron chi connectivity index (χ0n) is 35.5. The third kappa shape index (κ3) is 8.54. The van der Waals surface area contributed by atoms with Crippen LogP contribution in [0.25, 0.3) is 0 Å². The predicted molar refractivity (Wildman–Crippen MR) is 218 cm³/mol. The highest BCUT2D eigenvalue weighted by atomic mass is 16.6. The van der Waals surface area contributed by atoms with Crippen LogP contribution in [0.15, 0.2) is 36.4 Å². The number of rotatable bonds is 6. The van der Waals surface area contributed by atoms with E-state index in [1.807, 2.05) is 0 Å². The van der Waals surface area contributed by atoms with Crippen LogP contribution in [0.1, 0.15) is 125 Å². The Morgan fingerprint density at radius 3 is 1.24 bits per heavy atom. The van der Waals surface area contributed by atoms with Crippen molar-refractivity contribution in [2.24, 2.45) is 11.8 Å². The van der Waals surface area contributed by atoms with Crippen LogP contribution in [0.4, 0.5) is 21.0 Å². The lowest BCUT2D eigenvalue weighted by molar-refractivity contribution is -0.152. The van der Waals surface area contributed by atoms with Gasteiger partial charge >= 0.3 is 12.2 Å². The summed E-state index contributed by atoms with van der Waals surface area (Å²) in [5.41, 5.74) is 0.455. The Labute approximate surface area is 357 Å². The van der Waals surface area contributed by atoms with Crippen molar-refractivity contribution in [3.05, 3.63) is 58.7 Å². The standard InChI is InChI=1S/C44H50N6O12/c1-43(2,3)61-41(59)49-33(51)19-17-31(39(49)57)47-21-27-25(37(47)55)9-7-11-29(27)45-35(53)23-13-15-24(16-14-23)36(54)46-30-12-8-10-26-28(30)22-48(38(26)56)32-18-20-34(52)50(40(32)58)42(60)62-44(4,5)6/h7-12,23-24,31-32H,13-22H2,1-6H3,(H,45,53)(H,46,54)/t23-,24-,31?,32?. The van der Waals surface area contributed by atoms with Gasteiger partial charge in [0.05, 0.1) is 0 Å². The third-order valence-electron chi connectivity index (χ3n) is 11.7. The average Bonchev–Trinajstić information content (AvgIpc) is 3.70. The largest absolute Gasteiger partial charge is 0.443 e. The van der Waals surface area contributed by atoms with E-state index in [4.69, 9.17) is 9.47 Å². The summed E-state index contributed by atoms with van der Waals surface area (Å²) in [6.07, 6.45) is -0.854. The van der Waals surface area contributed by atoms with Gasteiger partial charge in [-0.3, -0.25) is 38.4 Å². The van der Waals surface area contributed by atoms with Gasteiger partial charge in [0.1, 0.15) is 23.3 Å². The zero-order valence-corrected chi connectivity index (χ0v) is 35.5. The Balaban J connectivity index is 0.951. The van der Waals surface area contributed by atoms with Crippen molar-refractivity contribution in [2.45, 2.75) is 129 Å². The summed E-state index contributed by atoms with van der Waals surface area (Å²) in [7, 11) is 0. The summed E-state index contributed by atoms with van der Waals surface area (Å²) in [5.74, 6) is -5.51. The maximum Gasteiger partial charge on any atom is 0.424 e. The number of nitrogens with zero attached hydrogens (tertiary/aromatic N) is 4. The van der Waals surface area contributed by atoms with Crippen molar-refractivity contribution in [3.8, 4) is 0 Å². The molecule has 2 aromatic rings. The topological polar surface area (TPSA) is 226 Å². The number of imide groups is 6. The lowest BCUT2D eigenvalue weighted by atomic mass is 9.81. The van der Waals surface area contributed by atoms with E-state index in [0.717, 1.165) is 0 Å². The number of fused-ring (bicyclic) bond motifs is 2. The molecule has 2 unspecified atom stereocenters. The van der Waals surface area contributed by atoms with E-state index in [1.165, 1.54) is 9.80 Å².